The van der Waals surface area contributed by atoms with Crippen LogP contribution in [0.1, 0.15) is 18.4 Å². The van der Waals surface area contributed by atoms with Crippen LogP contribution in [0.15, 0.2) is 38.3 Å². The van der Waals surface area contributed by atoms with Gasteiger partial charge < -0.3 is 10.2 Å². The molecule has 1 aliphatic heterocycles. The first-order chi connectivity index (χ1) is 14.9. The van der Waals surface area contributed by atoms with E-state index in [1.165, 1.54) is 15.6 Å². The Morgan fingerprint density at radius 1 is 1.10 bits per heavy atom. The Balaban J connectivity index is 1.42. The number of sulfonamides is 1. The first kappa shape index (κ1) is 20.6. The second-order valence-electron chi connectivity index (χ2n) is 7.58. The lowest BCUT2D eigenvalue weighted by molar-refractivity contribution is 0.385. The van der Waals surface area contributed by atoms with Crippen molar-refractivity contribution in [3.05, 3.63) is 39.7 Å². The lowest BCUT2D eigenvalue weighted by Gasteiger charge is -2.35. The third kappa shape index (κ3) is 4.13. The van der Waals surface area contributed by atoms with Crippen molar-refractivity contribution in [2.24, 2.45) is 0 Å². The van der Waals surface area contributed by atoms with E-state index in [4.69, 9.17) is 9.97 Å². The number of aromatic nitrogens is 2. The molecule has 1 N–H and O–H groups in total. The van der Waals surface area contributed by atoms with Gasteiger partial charge in [0.15, 0.2) is 11.6 Å². The number of piperazine rings is 1. The molecule has 2 fully saturated rings. The second kappa shape index (κ2) is 8.02. The first-order valence-corrected chi connectivity index (χ1v) is 13.0. The monoisotopic (exact) mass is 518 g/mol. The van der Waals surface area contributed by atoms with E-state index in [0.717, 1.165) is 28.0 Å². The Hall–Kier alpha value is -2.26. The van der Waals surface area contributed by atoms with Crippen molar-refractivity contribution in [2.75, 3.05) is 36.4 Å². The average Bonchev–Trinajstić information content (AvgIpc) is 3.49. The lowest BCUT2D eigenvalue weighted by atomic mass is 10.2. The molecule has 8 nitrogen and oxygen atoms in total. The highest BCUT2D eigenvalue weighted by Gasteiger charge is 2.32. The van der Waals surface area contributed by atoms with Crippen LogP contribution in [0.25, 0.3) is 11.0 Å². The molecule has 31 heavy (non-hydrogen) atoms. The summed E-state index contributed by atoms with van der Waals surface area (Å²) in [6, 6.07) is 11.2. The SMILES string of the molecule is N#Cc1ccc2nc(NC3CC3)c(N3CCN(S(=O)(=O)c4ccc(Br)s4)CC3)nc2c1. The van der Waals surface area contributed by atoms with Gasteiger partial charge in [-0.2, -0.15) is 9.57 Å². The fourth-order valence-electron chi connectivity index (χ4n) is 3.56. The maximum Gasteiger partial charge on any atom is 0.252 e. The number of fused-ring (bicyclic) bond motifs is 1. The number of benzene rings is 1. The number of nitriles is 1. The highest BCUT2D eigenvalue weighted by molar-refractivity contribution is 9.11. The summed E-state index contributed by atoms with van der Waals surface area (Å²) in [6.45, 7) is 1.78. The van der Waals surface area contributed by atoms with Gasteiger partial charge in [-0.1, -0.05) is 0 Å². The molecule has 0 atom stereocenters. The molecule has 3 heterocycles. The summed E-state index contributed by atoms with van der Waals surface area (Å²) in [5.41, 5.74) is 1.93. The topological polar surface area (TPSA) is 102 Å². The molecule has 0 bridgehead atoms. The highest BCUT2D eigenvalue weighted by atomic mass is 79.9. The first-order valence-electron chi connectivity index (χ1n) is 9.93. The molecule has 0 spiro atoms. The van der Waals surface area contributed by atoms with E-state index in [0.29, 0.717) is 53.3 Å². The standard InChI is InChI=1S/C20H19BrN6O2S2/c21-17-5-6-18(30-17)31(28,29)27-9-7-26(8-10-27)20-19(23-14-2-3-14)24-15-4-1-13(12-22)11-16(15)25-20/h1,4-6,11,14H,2-3,7-10H2,(H,23,24). The third-order valence-electron chi connectivity index (χ3n) is 5.37. The number of rotatable bonds is 5. The molecule has 1 aliphatic carbocycles. The van der Waals surface area contributed by atoms with Gasteiger partial charge in [0.25, 0.3) is 10.0 Å². The van der Waals surface area contributed by atoms with Gasteiger partial charge in [0.1, 0.15) is 4.21 Å². The van der Waals surface area contributed by atoms with Crippen molar-refractivity contribution in [1.82, 2.24) is 14.3 Å². The number of nitrogens with zero attached hydrogens (tertiary/aromatic N) is 5. The van der Waals surface area contributed by atoms with Crippen molar-refractivity contribution in [1.29, 1.82) is 5.26 Å². The van der Waals surface area contributed by atoms with Gasteiger partial charge in [0.2, 0.25) is 0 Å². The van der Waals surface area contributed by atoms with E-state index in [-0.39, 0.29) is 0 Å². The zero-order valence-electron chi connectivity index (χ0n) is 16.5. The minimum atomic E-state index is -3.50. The molecule has 160 valence electrons. The van der Waals surface area contributed by atoms with Crippen molar-refractivity contribution in [2.45, 2.75) is 23.1 Å². The summed E-state index contributed by atoms with van der Waals surface area (Å²) in [4.78, 5) is 11.7. The summed E-state index contributed by atoms with van der Waals surface area (Å²) in [5.74, 6) is 1.43. The maximum absolute atomic E-state index is 12.9. The molecule has 0 amide bonds. The van der Waals surface area contributed by atoms with Gasteiger partial charge >= 0.3 is 0 Å². The minimum absolute atomic E-state index is 0.346. The van der Waals surface area contributed by atoms with Crippen LogP contribution >= 0.6 is 27.3 Å². The Kier molecular flexibility index (Phi) is 5.34. The maximum atomic E-state index is 12.9. The van der Waals surface area contributed by atoms with Gasteiger partial charge in [-0.25, -0.2) is 18.4 Å². The normalized spacial score (nSPS) is 17.6. The Morgan fingerprint density at radius 2 is 1.87 bits per heavy atom. The molecule has 3 aromatic rings. The minimum Gasteiger partial charge on any atom is -0.364 e. The molecule has 0 radical (unpaired) electrons. The van der Waals surface area contributed by atoms with Gasteiger partial charge in [-0.05, 0) is 59.1 Å². The largest absolute Gasteiger partial charge is 0.364 e. The fourth-order valence-corrected chi connectivity index (χ4v) is 7.14. The number of hydrogen-bond acceptors (Lipinski definition) is 8. The van der Waals surface area contributed by atoms with E-state index in [1.54, 1.807) is 24.3 Å². The Bertz CT molecular complexity index is 1290. The molecule has 2 aliphatic rings. The highest BCUT2D eigenvalue weighted by Crippen LogP contribution is 2.33. The molecule has 11 heteroatoms. The Labute approximate surface area is 192 Å². The average molecular weight is 519 g/mol. The smallest absolute Gasteiger partial charge is 0.252 e. The zero-order chi connectivity index (χ0) is 21.6. The summed E-state index contributed by atoms with van der Waals surface area (Å²) < 4.78 is 28.5. The quantitative estimate of drug-likeness (QED) is 0.551. The fraction of sp³-hybridized carbons (Fsp3) is 0.350. The number of anilines is 2. The molecular formula is C20H19BrN6O2S2. The van der Waals surface area contributed by atoms with Gasteiger partial charge in [0.05, 0.1) is 26.5 Å². The van der Waals surface area contributed by atoms with Crippen molar-refractivity contribution in [3.8, 4) is 6.07 Å². The van der Waals surface area contributed by atoms with Gasteiger partial charge in [-0.15, -0.1) is 11.3 Å². The summed E-state index contributed by atoms with van der Waals surface area (Å²) >= 11 is 4.56. The molecule has 5 rings (SSSR count). The van der Waals surface area contributed by atoms with Crippen LogP contribution < -0.4 is 10.2 Å². The van der Waals surface area contributed by atoms with E-state index < -0.39 is 10.0 Å². The molecule has 2 aromatic heterocycles. The van der Waals surface area contributed by atoms with Crippen LogP contribution in [0.4, 0.5) is 11.6 Å². The predicted molar refractivity (Wildman–Crippen MR) is 124 cm³/mol. The van der Waals surface area contributed by atoms with Crippen LogP contribution in [0, 0.1) is 11.3 Å². The Morgan fingerprint density at radius 3 is 2.52 bits per heavy atom. The zero-order valence-corrected chi connectivity index (χ0v) is 19.7. The van der Waals surface area contributed by atoms with Crippen molar-refractivity contribution >= 4 is 60.0 Å². The third-order valence-corrected chi connectivity index (χ3v) is 9.36. The number of hydrogen-bond donors (Lipinski definition) is 1. The van der Waals surface area contributed by atoms with Crippen LogP contribution in [0.2, 0.25) is 0 Å². The van der Waals surface area contributed by atoms with Crippen molar-refractivity contribution < 1.29 is 8.42 Å². The van der Waals surface area contributed by atoms with Gasteiger partial charge in [-0.3, -0.25) is 0 Å². The van der Waals surface area contributed by atoms with Crippen LogP contribution in [0.3, 0.4) is 0 Å². The number of thiophene rings is 1. The van der Waals surface area contributed by atoms with Crippen LogP contribution in [-0.2, 0) is 10.0 Å². The van der Waals surface area contributed by atoms with Crippen LogP contribution in [0.5, 0.6) is 0 Å². The van der Waals surface area contributed by atoms with E-state index in [2.05, 4.69) is 32.2 Å². The molecule has 1 saturated heterocycles. The lowest BCUT2D eigenvalue weighted by Crippen LogP contribution is -2.49. The van der Waals surface area contributed by atoms with Crippen molar-refractivity contribution in [3.63, 3.8) is 0 Å². The number of halogens is 1. The van der Waals surface area contributed by atoms with E-state index >= 15 is 0 Å². The summed E-state index contributed by atoms with van der Waals surface area (Å²) in [5, 5.41) is 12.7. The van der Waals surface area contributed by atoms with Crippen LogP contribution in [-0.4, -0.2) is 54.9 Å². The predicted octanol–water partition coefficient (Wildman–Crippen LogP) is 3.41. The molecule has 1 saturated carbocycles. The summed E-state index contributed by atoms with van der Waals surface area (Å²) in [7, 11) is -3.50. The second-order valence-corrected chi connectivity index (χ2v) is 12.2. The van der Waals surface area contributed by atoms with E-state index in [9.17, 15) is 13.7 Å². The summed E-state index contributed by atoms with van der Waals surface area (Å²) in [6.07, 6.45) is 2.21. The van der Waals surface area contributed by atoms with E-state index in [1.807, 2.05) is 6.07 Å². The van der Waals surface area contributed by atoms with Gasteiger partial charge in [0, 0.05) is 32.2 Å². The molecular weight excluding hydrogens is 500 g/mol. The molecule has 1 aromatic carbocycles. The number of nitrogens with one attached hydrogen (secondary N) is 1. The molecule has 0 unspecified atom stereocenters.